The summed E-state index contributed by atoms with van der Waals surface area (Å²) < 4.78 is 1.36. The molecule has 0 bridgehead atoms. The predicted molar refractivity (Wildman–Crippen MR) is 90.8 cm³/mol. The minimum Gasteiger partial charge on any atom is -0.323 e. The van der Waals surface area contributed by atoms with Gasteiger partial charge in [-0.3, -0.25) is 0 Å². The summed E-state index contributed by atoms with van der Waals surface area (Å²) in [5.41, 5.74) is 1.57. The summed E-state index contributed by atoms with van der Waals surface area (Å²) in [6, 6.07) is 0. The molecule has 0 aromatic carbocycles. The third kappa shape index (κ3) is 5.44. The van der Waals surface area contributed by atoms with Gasteiger partial charge in [0, 0.05) is 5.92 Å². The summed E-state index contributed by atoms with van der Waals surface area (Å²) in [6.45, 7) is 14.8. The van der Waals surface area contributed by atoms with Crippen LogP contribution in [0.4, 0.5) is 0 Å². The first-order valence-electron chi connectivity index (χ1n) is 8.87. The molecule has 0 aromatic rings. The highest BCUT2D eigenvalue weighted by molar-refractivity contribution is 5.25. The van der Waals surface area contributed by atoms with Crippen LogP contribution >= 0.6 is 0 Å². The maximum atomic E-state index is 2.42. The Bertz CT molecular complexity index is 292. The van der Waals surface area contributed by atoms with Crippen molar-refractivity contribution in [3.8, 4) is 0 Å². The van der Waals surface area contributed by atoms with Gasteiger partial charge in [-0.25, -0.2) is 0 Å². The van der Waals surface area contributed by atoms with E-state index in [9.17, 15) is 0 Å². The van der Waals surface area contributed by atoms with Crippen molar-refractivity contribution in [2.24, 2.45) is 5.92 Å². The third-order valence-electron chi connectivity index (χ3n) is 4.83. The molecule has 0 fully saturated rings. The SMILES string of the molecule is CCCC[N+](CCCC)(CCCC)CC1C=CC=C1C. The van der Waals surface area contributed by atoms with E-state index in [1.54, 1.807) is 5.57 Å². The largest absolute Gasteiger partial charge is 0.323 e. The average molecular weight is 279 g/mol. The number of quaternary nitrogens is 1. The van der Waals surface area contributed by atoms with Gasteiger partial charge >= 0.3 is 0 Å². The monoisotopic (exact) mass is 278 g/mol. The Hall–Kier alpha value is -0.560. The zero-order valence-electron chi connectivity index (χ0n) is 14.3. The van der Waals surface area contributed by atoms with E-state index >= 15 is 0 Å². The third-order valence-corrected chi connectivity index (χ3v) is 4.83. The fraction of sp³-hybridized carbons (Fsp3) is 0.789. The molecule has 1 rings (SSSR count). The van der Waals surface area contributed by atoms with Crippen LogP contribution in [0.1, 0.15) is 66.2 Å². The molecule has 0 saturated carbocycles. The van der Waals surface area contributed by atoms with Gasteiger partial charge in [-0.05, 0) is 26.2 Å². The standard InChI is InChI=1S/C19H36N/c1-5-8-14-20(15-9-6-2,16-10-7-3)17-19-13-11-12-18(19)4/h11-13,19H,5-10,14-17H2,1-4H3/q+1. The molecule has 1 atom stereocenters. The fourth-order valence-electron chi connectivity index (χ4n) is 3.33. The lowest BCUT2D eigenvalue weighted by Gasteiger charge is -2.41. The van der Waals surface area contributed by atoms with Crippen molar-refractivity contribution in [3.05, 3.63) is 23.8 Å². The molecule has 0 heterocycles. The first-order valence-corrected chi connectivity index (χ1v) is 8.87. The average Bonchev–Trinajstić information content (AvgIpc) is 2.85. The summed E-state index contributed by atoms with van der Waals surface area (Å²) in [5.74, 6) is 0.695. The zero-order chi connectivity index (χ0) is 14.8. The number of rotatable bonds is 11. The van der Waals surface area contributed by atoms with Crippen LogP contribution in [0.15, 0.2) is 23.8 Å². The quantitative estimate of drug-likeness (QED) is 0.448. The molecule has 0 radical (unpaired) electrons. The van der Waals surface area contributed by atoms with Gasteiger partial charge in [0.2, 0.25) is 0 Å². The molecule has 1 unspecified atom stereocenters. The zero-order valence-corrected chi connectivity index (χ0v) is 14.3. The van der Waals surface area contributed by atoms with E-state index in [0.29, 0.717) is 5.92 Å². The predicted octanol–water partition coefficient (Wildman–Crippen LogP) is 5.34. The molecular formula is C19H36N+. The number of allylic oxidation sites excluding steroid dienone is 2. The summed E-state index contributed by atoms with van der Waals surface area (Å²) in [6.07, 6.45) is 15.1. The second-order valence-corrected chi connectivity index (χ2v) is 6.66. The molecule has 0 spiro atoms. The van der Waals surface area contributed by atoms with Crippen LogP contribution in [0.5, 0.6) is 0 Å². The maximum Gasteiger partial charge on any atom is 0.0888 e. The van der Waals surface area contributed by atoms with Crippen LogP contribution in [-0.4, -0.2) is 30.7 Å². The number of nitrogens with zero attached hydrogens (tertiary/aromatic N) is 1. The Labute approximate surface area is 127 Å². The van der Waals surface area contributed by atoms with Crippen molar-refractivity contribution in [1.82, 2.24) is 0 Å². The highest BCUT2D eigenvalue weighted by Gasteiger charge is 2.30. The van der Waals surface area contributed by atoms with Crippen LogP contribution < -0.4 is 0 Å². The molecule has 1 aliphatic rings. The molecule has 20 heavy (non-hydrogen) atoms. The Balaban J connectivity index is 2.75. The first kappa shape index (κ1) is 17.5. The van der Waals surface area contributed by atoms with Crippen molar-refractivity contribution < 1.29 is 4.48 Å². The lowest BCUT2D eigenvalue weighted by atomic mass is 10.0. The Morgan fingerprint density at radius 1 is 0.900 bits per heavy atom. The van der Waals surface area contributed by atoms with Gasteiger partial charge in [-0.2, -0.15) is 0 Å². The topological polar surface area (TPSA) is 0 Å². The van der Waals surface area contributed by atoms with Crippen molar-refractivity contribution in [1.29, 1.82) is 0 Å². The van der Waals surface area contributed by atoms with Gasteiger partial charge in [-0.15, -0.1) is 0 Å². The molecule has 0 N–H and O–H groups in total. The van der Waals surface area contributed by atoms with Crippen molar-refractivity contribution >= 4 is 0 Å². The van der Waals surface area contributed by atoms with E-state index in [-0.39, 0.29) is 0 Å². The van der Waals surface area contributed by atoms with Crippen molar-refractivity contribution in [3.63, 3.8) is 0 Å². The molecule has 0 aromatic heterocycles. The number of hydrogen-bond donors (Lipinski definition) is 0. The highest BCUT2D eigenvalue weighted by Crippen LogP contribution is 2.25. The van der Waals surface area contributed by atoms with Gasteiger partial charge in [-0.1, -0.05) is 63.8 Å². The van der Waals surface area contributed by atoms with Crippen molar-refractivity contribution in [2.75, 3.05) is 26.2 Å². The molecule has 0 aliphatic heterocycles. The van der Waals surface area contributed by atoms with Crippen molar-refractivity contribution in [2.45, 2.75) is 66.2 Å². The first-order chi connectivity index (χ1) is 9.67. The molecule has 116 valence electrons. The number of unbranched alkanes of at least 4 members (excludes halogenated alkanes) is 3. The smallest absolute Gasteiger partial charge is 0.0888 e. The van der Waals surface area contributed by atoms with Gasteiger partial charge < -0.3 is 4.48 Å². The molecule has 1 nitrogen and oxygen atoms in total. The maximum absolute atomic E-state index is 2.42. The summed E-state index contributed by atoms with van der Waals surface area (Å²) in [7, 11) is 0. The molecule has 0 saturated heterocycles. The lowest BCUT2D eigenvalue weighted by molar-refractivity contribution is -0.930. The summed E-state index contributed by atoms with van der Waals surface area (Å²) in [5, 5.41) is 0. The van der Waals surface area contributed by atoms with Gasteiger partial charge in [0.25, 0.3) is 0 Å². The molecule has 1 heteroatoms. The highest BCUT2D eigenvalue weighted by atomic mass is 15.3. The van der Waals surface area contributed by atoms with Crippen LogP contribution in [0, 0.1) is 5.92 Å². The van der Waals surface area contributed by atoms with Gasteiger partial charge in [0.05, 0.1) is 26.2 Å². The van der Waals surface area contributed by atoms with E-state index in [1.807, 2.05) is 0 Å². The molecular weight excluding hydrogens is 242 g/mol. The van der Waals surface area contributed by atoms with Crippen LogP contribution in [-0.2, 0) is 0 Å². The van der Waals surface area contributed by atoms with Crippen LogP contribution in [0.2, 0.25) is 0 Å². The van der Waals surface area contributed by atoms with E-state index in [2.05, 4.69) is 45.9 Å². The Morgan fingerprint density at radius 3 is 1.75 bits per heavy atom. The van der Waals surface area contributed by atoms with Crippen LogP contribution in [0.3, 0.4) is 0 Å². The second kappa shape index (κ2) is 9.39. The fourth-order valence-corrected chi connectivity index (χ4v) is 3.33. The normalized spacial score (nSPS) is 18.6. The Kier molecular flexibility index (Phi) is 8.21. The van der Waals surface area contributed by atoms with E-state index < -0.39 is 0 Å². The van der Waals surface area contributed by atoms with E-state index in [1.165, 1.54) is 69.2 Å². The summed E-state index contributed by atoms with van der Waals surface area (Å²) in [4.78, 5) is 0. The van der Waals surface area contributed by atoms with E-state index in [4.69, 9.17) is 0 Å². The van der Waals surface area contributed by atoms with Gasteiger partial charge in [0.15, 0.2) is 0 Å². The van der Waals surface area contributed by atoms with Crippen LogP contribution in [0.25, 0.3) is 0 Å². The van der Waals surface area contributed by atoms with Gasteiger partial charge in [0.1, 0.15) is 0 Å². The number of hydrogen-bond acceptors (Lipinski definition) is 0. The minimum atomic E-state index is 0.695. The molecule has 0 amide bonds. The summed E-state index contributed by atoms with van der Waals surface area (Å²) >= 11 is 0. The molecule has 1 aliphatic carbocycles. The second-order valence-electron chi connectivity index (χ2n) is 6.66. The Morgan fingerprint density at radius 2 is 1.40 bits per heavy atom. The minimum absolute atomic E-state index is 0.695. The van der Waals surface area contributed by atoms with E-state index in [0.717, 1.165) is 0 Å². The lowest BCUT2D eigenvalue weighted by Crippen LogP contribution is -2.52.